The van der Waals surface area contributed by atoms with Gasteiger partial charge >= 0.3 is 5.97 Å². The van der Waals surface area contributed by atoms with Gasteiger partial charge in [-0.15, -0.1) is 0 Å². The summed E-state index contributed by atoms with van der Waals surface area (Å²) in [6, 6.07) is 4.14. The molecule has 1 saturated heterocycles. The van der Waals surface area contributed by atoms with E-state index in [9.17, 15) is 14.0 Å². The molecular formula is C13H14FNO3. The number of nitrogens with zero attached hydrogens (tertiary/aromatic N) is 1. The van der Waals surface area contributed by atoms with E-state index in [2.05, 4.69) is 0 Å². The van der Waals surface area contributed by atoms with Gasteiger partial charge in [0, 0.05) is 18.7 Å². The lowest BCUT2D eigenvalue weighted by Gasteiger charge is -2.16. The van der Waals surface area contributed by atoms with Gasteiger partial charge in [-0.1, -0.05) is 0 Å². The number of aryl methyl sites for hydroxylation is 1. The number of hydrogen-bond donors (Lipinski definition) is 1. The minimum Gasteiger partial charge on any atom is -0.481 e. The topological polar surface area (TPSA) is 57.6 Å². The van der Waals surface area contributed by atoms with E-state index in [1.54, 1.807) is 13.0 Å². The molecule has 5 heteroatoms. The number of likely N-dealkylation sites (tertiary alicyclic amines) is 1. The highest BCUT2D eigenvalue weighted by Crippen LogP contribution is 2.19. The van der Waals surface area contributed by atoms with Gasteiger partial charge in [-0.25, -0.2) is 4.39 Å². The molecular weight excluding hydrogens is 237 g/mol. The van der Waals surface area contributed by atoms with Gasteiger partial charge in [-0.2, -0.15) is 0 Å². The van der Waals surface area contributed by atoms with Crippen LogP contribution in [0.1, 0.15) is 22.3 Å². The smallest absolute Gasteiger partial charge is 0.308 e. The molecule has 0 bridgehead atoms. The molecule has 1 aliphatic heterocycles. The number of carboxylic acids is 1. The summed E-state index contributed by atoms with van der Waals surface area (Å²) >= 11 is 0. The fourth-order valence-corrected chi connectivity index (χ4v) is 2.19. The largest absolute Gasteiger partial charge is 0.481 e. The highest BCUT2D eigenvalue weighted by Gasteiger charge is 2.31. The third-order valence-electron chi connectivity index (χ3n) is 3.11. The van der Waals surface area contributed by atoms with E-state index >= 15 is 0 Å². The third-order valence-corrected chi connectivity index (χ3v) is 3.11. The Morgan fingerprint density at radius 1 is 1.39 bits per heavy atom. The fourth-order valence-electron chi connectivity index (χ4n) is 2.19. The number of carbonyl (C=O) groups is 2. The van der Waals surface area contributed by atoms with Crippen LogP contribution in [0.3, 0.4) is 0 Å². The number of carbonyl (C=O) groups excluding carboxylic acids is 1. The Balaban J connectivity index is 2.15. The zero-order valence-corrected chi connectivity index (χ0v) is 10.0. The number of amides is 1. The predicted octanol–water partition coefficient (Wildman–Crippen LogP) is 1.68. The maximum atomic E-state index is 13.2. The lowest BCUT2D eigenvalue weighted by molar-refractivity contribution is -0.141. The first-order chi connectivity index (χ1) is 8.47. The SMILES string of the molecule is Cc1cc(F)cc(C(=O)N2CCC(C(=O)O)C2)c1. The van der Waals surface area contributed by atoms with Crippen LogP contribution < -0.4 is 0 Å². The molecule has 4 nitrogen and oxygen atoms in total. The number of hydrogen-bond acceptors (Lipinski definition) is 2. The van der Waals surface area contributed by atoms with Crippen molar-refractivity contribution in [1.82, 2.24) is 4.90 Å². The van der Waals surface area contributed by atoms with Gasteiger partial charge in [-0.3, -0.25) is 9.59 Å². The van der Waals surface area contributed by atoms with Gasteiger partial charge in [0.2, 0.25) is 0 Å². The van der Waals surface area contributed by atoms with Gasteiger partial charge in [0.25, 0.3) is 5.91 Å². The molecule has 1 aliphatic rings. The van der Waals surface area contributed by atoms with Crippen LogP contribution in [0.15, 0.2) is 18.2 Å². The normalized spacial score (nSPS) is 19.0. The first-order valence-electron chi connectivity index (χ1n) is 5.76. The number of rotatable bonds is 2. The lowest BCUT2D eigenvalue weighted by atomic mass is 10.1. The maximum Gasteiger partial charge on any atom is 0.308 e. The standard InChI is InChI=1S/C13H14FNO3/c1-8-4-10(6-11(14)5-8)12(16)15-3-2-9(7-15)13(17)18/h4-6,9H,2-3,7H2,1H3,(H,17,18). The third kappa shape index (κ3) is 2.50. The van der Waals surface area contributed by atoms with Gasteiger partial charge in [-0.05, 0) is 37.1 Å². The molecule has 0 radical (unpaired) electrons. The minimum absolute atomic E-state index is 0.198. The number of carboxylic acid groups (broad SMARTS) is 1. The van der Waals surface area contributed by atoms with Gasteiger partial charge < -0.3 is 10.0 Å². The Morgan fingerprint density at radius 2 is 2.11 bits per heavy atom. The summed E-state index contributed by atoms with van der Waals surface area (Å²) in [6.45, 7) is 2.32. The summed E-state index contributed by atoms with van der Waals surface area (Å²) in [4.78, 5) is 24.4. The highest BCUT2D eigenvalue weighted by molar-refractivity contribution is 5.95. The Labute approximate surface area is 104 Å². The van der Waals surface area contributed by atoms with Crippen LogP contribution in [0.2, 0.25) is 0 Å². The zero-order chi connectivity index (χ0) is 13.3. The Morgan fingerprint density at radius 3 is 2.67 bits per heavy atom. The summed E-state index contributed by atoms with van der Waals surface area (Å²) in [6.07, 6.45) is 0.454. The Bertz CT molecular complexity index is 481. The number of halogens is 1. The van der Waals surface area contributed by atoms with Crippen molar-refractivity contribution in [2.24, 2.45) is 5.92 Å². The van der Waals surface area contributed by atoms with Gasteiger partial charge in [0.15, 0.2) is 0 Å². The monoisotopic (exact) mass is 251 g/mol. The minimum atomic E-state index is -0.888. The van der Waals surface area contributed by atoms with Crippen molar-refractivity contribution in [3.05, 3.63) is 35.1 Å². The molecule has 2 rings (SSSR count). The Kier molecular flexibility index (Phi) is 3.32. The molecule has 0 aromatic heterocycles. The second-order valence-corrected chi connectivity index (χ2v) is 4.59. The van der Waals surface area contributed by atoms with Crippen LogP contribution in [0.4, 0.5) is 4.39 Å². The highest BCUT2D eigenvalue weighted by atomic mass is 19.1. The molecule has 18 heavy (non-hydrogen) atoms. The molecule has 1 N–H and O–H groups in total. The molecule has 96 valence electrons. The van der Waals surface area contributed by atoms with E-state index in [0.29, 0.717) is 18.5 Å². The molecule has 0 saturated carbocycles. The van der Waals surface area contributed by atoms with Crippen LogP contribution in [0.5, 0.6) is 0 Å². The first-order valence-corrected chi connectivity index (χ1v) is 5.76. The van der Waals surface area contributed by atoms with E-state index in [0.717, 1.165) is 0 Å². The average molecular weight is 251 g/mol. The van der Waals surface area contributed by atoms with Crippen molar-refractivity contribution in [3.63, 3.8) is 0 Å². The number of aliphatic carboxylic acids is 1. The molecule has 0 spiro atoms. The van der Waals surface area contributed by atoms with E-state index in [1.165, 1.54) is 17.0 Å². The van der Waals surface area contributed by atoms with Crippen LogP contribution in [-0.2, 0) is 4.79 Å². The number of benzene rings is 1. The van der Waals surface area contributed by atoms with Crippen molar-refractivity contribution in [2.75, 3.05) is 13.1 Å². The van der Waals surface area contributed by atoms with Gasteiger partial charge in [0.05, 0.1) is 5.92 Å². The fraction of sp³-hybridized carbons (Fsp3) is 0.385. The average Bonchev–Trinajstić information content (AvgIpc) is 2.75. The lowest BCUT2D eigenvalue weighted by Crippen LogP contribution is -2.30. The second-order valence-electron chi connectivity index (χ2n) is 4.59. The summed E-state index contributed by atoms with van der Waals surface area (Å²) < 4.78 is 13.2. The summed E-state index contributed by atoms with van der Waals surface area (Å²) in [5, 5.41) is 8.87. The molecule has 1 heterocycles. The van der Waals surface area contributed by atoms with Crippen molar-refractivity contribution in [1.29, 1.82) is 0 Å². The van der Waals surface area contributed by atoms with E-state index in [4.69, 9.17) is 5.11 Å². The summed E-state index contributed by atoms with van der Waals surface area (Å²) in [7, 11) is 0. The molecule has 1 aromatic rings. The molecule has 1 fully saturated rings. The maximum absolute atomic E-state index is 13.2. The summed E-state index contributed by atoms with van der Waals surface area (Å²) in [5.74, 6) is -2.15. The first kappa shape index (κ1) is 12.5. The van der Waals surface area contributed by atoms with Crippen LogP contribution in [-0.4, -0.2) is 35.0 Å². The molecule has 1 atom stereocenters. The van der Waals surface area contributed by atoms with E-state index in [1.807, 2.05) is 0 Å². The van der Waals surface area contributed by atoms with Crippen molar-refractivity contribution < 1.29 is 19.1 Å². The molecule has 1 amide bonds. The molecule has 0 aliphatic carbocycles. The van der Waals surface area contributed by atoms with Crippen molar-refractivity contribution >= 4 is 11.9 Å². The summed E-state index contributed by atoms with van der Waals surface area (Å²) in [5.41, 5.74) is 0.950. The van der Waals surface area contributed by atoms with Crippen LogP contribution in [0.25, 0.3) is 0 Å². The Hall–Kier alpha value is -1.91. The second kappa shape index (κ2) is 4.76. The molecule has 1 unspecified atom stereocenters. The van der Waals surface area contributed by atoms with E-state index in [-0.39, 0.29) is 18.0 Å². The predicted molar refractivity (Wildman–Crippen MR) is 62.8 cm³/mol. The van der Waals surface area contributed by atoms with E-state index < -0.39 is 17.7 Å². The van der Waals surface area contributed by atoms with Gasteiger partial charge in [0.1, 0.15) is 5.82 Å². The molecule has 1 aromatic carbocycles. The zero-order valence-electron chi connectivity index (χ0n) is 10.0. The van der Waals surface area contributed by atoms with Crippen molar-refractivity contribution in [2.45, 2.75) is 13.3 Å². The van der Waals surface area contributed by atoms with Crippen LogP contribution in [0, 0.1) is 18.7 Å². The quantitative estimate of drug-likeness (QED) is 0.870. The van der Waals surface area contributed by atoms with Crippen LogP contribution >= 0.6 is 0 Å². The van der Waals surface area contributed by atoms with Crippen molar-refractivity contribution in [3.8, 4) is 0 Å².